The van der Waals surface area contributed by atoms with Gasteiger partial charge in [-0.15, -0.1) is 0 Å². The molecular formula is C24H25N2O3+. The largest absolute Gasteiger partial charge is 0.497 e. The Kier molecular flexibility index (Phi) is 5.77. The molecule has 0 saturated heterocycles. The first-order chi connectivity index (χ1) is 14.2. The molecule has 0 bridgehead atoms. The fourth-order valence-corrected chi connectivity index (χ4v) is 3.73. The van der Waals surface area contributed by atoms with E-state index in [0.29, 0.717) is 12.4 Å². The lowest BCUT2D eigenvalue weighted by Gasteiger charge is -2.27. The van der Waals surface area contributed by atoms with Gasteiger partial charge in [0.15, 0.2) is 6.04 Å². The molecule has 4 rings (SSSR count). The van der Waals surface area contributed by atoms with E-state index in [9.17, 15) is 4.79 Å². The van der Waals surface area contributed by atoms with E-state index >= 15 is 0 Å². The van der Waals surface area contributed by atoms with Gasteiger partial charge in [-0.05, 0) is 24.3 Å². The summed E-state index contributed by atoms with van der Waals surface area (Å²) in [5.41, 5.74) is 2.82. The zero-order valence-corrected chi connectivity index (χ0v) is 16.4. The number of methoxy groups -OCH3 is 1. The van der Waals surface area contributed by atoms with E-state index in [1.54, 1.807) is 7.11 Å². The van der Waals surface area contributed by atoms with E-state index in [1.165, 1.54) is 0 Å². The lowest BCUT2D eigenvalue weighted by molar-refractivity contribution is -0.723. The lowest BCUT2D eigenvalue weighted by Crippen LogP contribution is -2.88. The quantitative estimate of drug-likeness (QED) is 0.679. The van der Waals surface area contributed by atoms with E-state index in [1.807, 2.05) is 72.8 Å². The molecule has 0 fully saturated rings. The highest BCUT2D eigenvalue weighted by atomic mass is 16.5. The van der Waals surface area contributed by atoms with Gasteiger partial charge >= 0.3 is 0 Å². The smallest absolute Gasteiger partial charge is 0.287 e. The minimum absolute atomic E-state index is 0.0616. The molecular weight excluding hydrogens is 364 g/mol. The van der Waals surface area contributed by atoms with Crippen LogP contribution in [0.3, 0.4) is 0 Å². The van der Waals surface area contributed by atoms with Gasteiger partial charge in [0.25, 0.3) is 5.91 Å². The second-order valence-electron chi connectivity index (χ2n) is 7.08. The average Bonchev–Trinajstić information content (AvgIpc) is 2.78. The predicted molar refractivity (Wildman–Crippen MR) is 112 cm³/mol. The second-order valence-corrected chi connectivity index (χ2v) is 7.08. The molecule has 0 spiro atoms. The Labute approximate surface area is 170 Å². The van der Waals surface area contributed by atoms with Crippen LogP contribution in [0, 0.1) is 0 Å². The molecule has 5 nitrogen and oxygen atoms in total. The van der Waals surface area contributed by atoms with Crippen LogP contribution in [0.1, 0.15) is 29.6 Å². The number of rotatable bonds is 6. The van der Waals surface area contributed by atoms with Crippen molar-refractivity contribution in [3.63, 3.8) is 0 Å². The molecule has 148 valence electrons. The number of quaternary nitrogens is 1. The number of amides is 1. The maximum absolute atomic E-state index is 13.3. The number of hydrogen-bond acceptors (Lipinski definition) is 3. The number of ether oxygens (including phenoxy) is 2. The first kappa shape index (κ1) is 19.0. The fraction of sp³-hybridized carbons (Fsp3) is 0.208. The normalized spacial score (nSPS) is 16.2. The Morgan fingerprint density at radius 3 is 2.69 bits per heavy atom. The fourth-order valence-electron chi connectivity index (χ4n) is 3.73. The van der Waals surface area contributed by atoms with E-state index in [2.05, 4.69) is 16.7 Å². The van der Waals surface area contributed by atoms with Gasteiger partial charge in [0.2, 0.25) is 0 Å². The summed E-state index contributed by atoms with van der Waals surface area (Å²) >= 11 is 0. The maximum Gasteiger partial charge on any atom is 0.287 e. The summed E-state index contributed by atoms with van der Waals surface area (Å²) in [5, 5.41) is 5.19. The number of nitrogens with one attached hydrogen (secondary N) is 1. The van der Waals surface area contributed by atoms with Crippen molar-refractivity contribution in [2.75, 3.05) is 19.0 Å². The Morgan fingerprint density at radius 1 is 1.07 bits per heavy atom. The summed E-state index contributed by atoms with van der Waals surface area (Å²) in [7, 11) is 1.62. The number of hydrogen-bond donors (Lipinski definition) is 2. The molecule has 0 saturated carbocycles. The van der Waals surface area contributed by atoms with E-state index in [0.717, 1.165) is 29.0 Å². The number of nitrogens with two attached hydrogens (primary N) is 1. The molecule has 5 heteroatoms. The third-order valence-electron chi connectivity index (χ3n) is 5.21. The summed E-state index contributed by atoms with van der Waals surface area (Å²) in [6, 6.07) is 25.1. The Hall–Kier alpha value is -3.31. The van der Waals surface area contributed by atoms with Crippen molar-refractivity contribution in [2.24, 2.45) is 0 Å². The van der Waals surface area contributed by atoms with Crippen molar-refractivity contribution in [2.45, 2.75) is 18.5 Å². The molecule has 3 aromatic carbocycles. The molecule has 0 radical (unpaired) electrons. The summed E-state index contributed by atoms with van der Waals surface area (Å²) in [4.78, 5) is 13.3. The van der Waals surface area contributed by atoms with Crippen LogP contribution in [-0.2, 0) is 4.79 Å². The van der Waals surface area contributed by atoms with E-state index < -0.39 is 0 Å². The van der Waals surface area contributed by atoms with Crippen LogP contribution >= 0.6 is 0 Å². The van der Waals surface area contributed by atoms with Gasteiger partial charge in [-0.2, -0.15) is 0 Å². The van der Waals surface area contributed by atoms with Crippen molar-refractivity contribution < 1.29 is 19.6 Å². The molecule has 1 heterocycles. The number of fused-ring (bicyclic) bond motifs is 1. The maximum atomic E-state index is 13.3. The molecule has 0 aliphatic carbocycles. The molecule has 1 amide bonds. The molecule has 3 aromatic rings. The van der Waals surface area contributed by atoms with Crippen molar-refractivity contribution >= 4 is 11.6 Å². The van der Waals surface area contributed by atoms with Gasteiger partial charge in [0, 0.05) is 23.7 Å². The van der Waals surface area contributed by atoms with Crippen molar-refractivity contribution in [1.82, 2.24) is 0 Å². The van der Waals surface area contributed by atoms with Crippen molar-refractivity contribution in [1.29, 1.82) is 0 Å². The van der Waals surface area contributed by atoms with Crippen LogP contribution in [0.2, 0.25) is 0 Å². The minimum atomic E-state index is -0.376. The van der Waals surface area contributed by atoms with Crippen LogP contribution in [0.15, 0.2) is 78.9 Å². The summed E-state index contributed by atoms with van der Waals surface area (Å²) in [6.45, 7) is 0.650. The number of benzene rings is 3. The highest BCUT2D eigenvalue weighted by molar-refractivity contribution is 5.94. The monoisotopic (exact) mass is 389 g/mol. The predicted octanol–water partition coefficient (Wildman–Crippen LogP) is 3.46. The number of carbonyl (C=O) groups is 1. The third-order valence-corrected chi connectivity index (χ3v) is 5.21. The summed E-state index contributed by atoms with van der Waals surface area (Å²) < 4.78 is 11.1. The number of para-hydroxylation sites is 1. The Bertz CT molecular complexity index is 975. The van der Waals surface area contributed by atoms with Crippen LogP contribution < -0.4 is 20.1 Å². The Balaban J connectivity index is 1.60. The molecule has 2 atom stereocenters. The SMILES string of the molecule is COc1cccc(NC(=O)[C@@H]([NH2+][C@@H]2CCOc3ccccc32)c2ccccc2)c1. The molecule has 0 aromatic heterocycles. The molecule has 3 N–H and O–H groups in total. The van der Waals surface area contributed by atoms with Crippen LogP contribution in [0.25, 0.3) is 0 Å². The zero-order chi connectivity index (χ0) is 20.1. The van der Waals surface area contributed by atoms with Crippen LogP contribution in [0.4, 0.5) is 5.69 Å². The van der Waals surface area contributed by atoms with Gasteiger partial charge in [0.05, 0.1) is 19.3 Å². The van der Waals surface area contributed by atoms with Gasteiger partial charge in [-0.3, -0.25) is 4.79 Å². The van der Waals surface area contributed by atoms with E-state index in [4.69, 9.17) is 9.47 Å². The molecule has 0 unspecified atom stereocenters. The zero-order valence-electron chi connectivity index (χ0n) is 16.4. The first-order valence-corrected chi connectivity index (χ1v) is 9.81. The van der Waals surface area contributed by atoms with Gasteiger partial charge < -0.3 is 20.1 Å². The van der Waals surface area contributed by atoms with Gasteiger partial charge in [-0.25, -0.2) is 0 Å². The highest BCUT2D eigenvalue weighted by Gasteiger charge is 2.32. The molecule has 29 heavy (non-hydrogen) atoms. The Morgan fingerprint density at radius 2 is 1.86 bits per heavy atom. The number of anilines is 1. The average molecular weight is 389 g/mol. The number of carbonyl (C=O) groups excluding carboxylic acids is 1. The standard InChI is InChI=1S/C24H24N2O3/c1-28-19-11-7-10-18(16-19)25-24(27)23(17-8-3-2-4-9-17)26-21-14-15-29-22-13-6-5-12-20(21)22/h2-13,16,21,23,26H,14-15H2,1H3,(H,25,27)/p+1/t21-,23+/m1/s1. The summed E-state index contributed by atoms with van der Waals surface area (Å²) in [6.07, 6.45) is 0.854. The molecule has 1 aliphatic rings. The third kappa shape index (κ3) is 4.41. The van der Waals surface area contributed by atoms with E-state index in [-0.39, 0.29) is 18.0 Å². The van der Waals surface area contributed by atoms with Crippen LogP contribution in [-0.4, -0.2) is 19.6 Å². The van der Waals surface area contributed by atoms with Crippen molar-refractivity contribution in [3.05, 3.63) is 90.0 Å². The van der Waals surface area contributed by atoms with Crippen LogP contribution in [0.5, 0.6) is 11.5 Å². The molecule has 1 aliphatic heterocycles. The second kappa shape index (κ2) is 8.80. The lowest BCUT2D eigenvalue weighted by atomic mass is 9.97. The van der Waals surface area contributed by atoms with Gasteiger partial charge in [0.1, 0.15) is 17.5 Å². The van der Waals surface area contributed by atoms with Gasteiger partial charge in [-0.1, -0.05) is 48.5 Å². The summed E-state index contributed by atoms with van der Waals surface area (Å²) in [5.74, 6) is 1.55. The topological polar surface area (TPSA) is 64.2 Å². The highest BCUT2D eigenvalue weighted by Crippen LogP contribution is 2.30. The first-order valence-electron chi connectivity index (χ1n) is 9.81. The van der Waals surface area contributed by atoms with Crippen molar-refractivity contribution in [3.8, 4) is 11.5 Å². The minimum Gasteiger partial charge on any atom is -0.497 e.